The number of aromatic nitrogens is 2. The van der Waals surface area contributed by atoms with E-state index in [2.05, 4.69) is 14.7 Å². The predicted octanol–water partition coefficient (Wildman–Crippen LogP) is 4.35. The number of alkyl halides is 2. The second-order valence-electron chi connectivity index (χ2n) is 5.50. The molecule has 2 heterocycles. The summed E-state index contributed by atoms with van der Waals surface area (Å²) in [6.45, 7) is 0. The Balaban J connectivity index is 1.88. The second kappa shape index (κ2) is 7.91. The first-order chi connectivity index (χ1) is 12.8. The van der Waals surface area contributed by atoms with Crippen molar-refractivity contribution in [1.82, 2.24) is 9.97 Å². The molecule has 0 amide bonds. The second-order valence-corrected chi connectivity index (χ2v) is 8.50. The van der Waals surface area contributed by atoms with Gasteiger partial charge in [0.15, 0.2) is 0 Å². The van der Waals surface area contributed by atoms with Gasteiger partial charge in [-0.15, -0.1) is 11.3 Å². The maximum absolute atomic E-state index is 12.7. The van der Waals surface area contributed by atoms with E-state index in [9.17, 15) is 17.2 Å². The number of thiophene rings is 1. The van der Waals surface area contributed by atoms with E-state index in [1.807, 2.05) is 0 Å². The van der Waals surface area contributed by atoms with E-state index in [1.165, 1.54) is 30.0 Å². The monoisotopic (exact) mass is 433 g/mol. The Morgan fingerprint density at radius 3 is 2.85 bits per heavy atom. The van der Waals surface area contributed by atoms with Crippen LogP contribution in [0.2, 0.25) is 5.02 Å². The van der Waals surface area contributed by atoms with E-state index in [0.29, 0.717) is 16.0 Å². The summed E-state index contributed by atoms with van der Waals surface area (Å²) in [5, 5.41) is 2.53. The number of ether oxygens (including phenoxy) is 1. The standard InChI is InChI=1S/C16H14ClF2N3O3S2/c1-25-15-9(2-5-14(18)19)7-20-16(21-15)22-27(23,24)13-8-26-12-6-10(17)3-4-11(12)13/h3-4,6-8,14H,2,5H2,1H3,(H,20,21,22). The molecule has 0 atom stereocenters. The molecule has 3 rings (SSSR count). The van der Waals surface area contributed by atoms with Crippen LogP contribution in [0.15, 0.2) is 34.7 Å². The van der Waals surface area contributed by atoms with Gasteiger partial charge in [0, 0.05) is 38.7 Å². The molecule has 1 aromatic carbocycles. The Kier molecular flexibility index (Phi) is 5.78. The zero-order chi connectivity index (χ0) is 19.6. The van der Waals surface area contributed by atoms with Crippen LogP contribution in [0.1, 0.15) is 12.0 Å². The van der Waals surface area contributed by atoms with Crippen LogP contribution in [0.5, 0.6) is 5.88 Å². The molecule has 0 aliphatic heterocycles. The van der Waals surface area contributed by atoms with E-state index < -0.39 is 16.4 Å². The molecule has 0 bridgehead atoms. The number of nitrogens with zero attached hydrogens (tertiary/aromatic N) is 2. The highest BCUT2D eigenvalue weighted by Gasteiger charge is 2.21. The zero-order valence-corrected chi connectivity index (χ0v) is 16.3. The van der Waals surface area contributed by atoms with Crippen molar-refractivity contribution in [3.8, 4) is 5.88 Å². The van der Waals surface area contributed by atoms with Crippen molar-refractivity contribution in [2.45, 2.75) is 24.2 Å². The molecular weight excluding hydrogens is 420 g/mol. The minimum absolute atomic E-state index is 0.0177. The van der Waals surface area contributed by atoms with Gasteiger partial charge in [0.2, 0.25) is 18.3 Å². The fourth-order valence-corrected chi connectivity index (χ4v) is 5.14. The van der Waals surface area contributed by atoms with Crippen molar-refractivity contribution in [2.24, 2.45) is 0 Å². The molecule has 0 aliphatic carbocycles. The lowest BCUT2D eigenvalue weighted by molar-refractivity contribution is 0.137. The van der Waals surface area contributed by atoms with Crippen molar-refractivity contribution in [1.29, 1.82) is 0 Å². The molecule has 144 valence electrons. The third kappa shape index (κ3) is 4.45. The number of aryl methyl sites for hydroxylation is 1. The molecule has 11 heteroatoms. The quantitative estimate of drug-likeness (QED) is 0.599. The van der Waals surface area contributed by atoms with E-state index >= 15 is 0 Å². The van der Waals surface area contributed by atoms with Crippen LogP contribution >= 0.6 is 22.9 Å². The van der Waals surface area contributed by atoms with E-state index in [4.69, 9.17) is 16.3 Å². The number of hydrogen-bond acceptors (Lipinski definition) is 6. The number of sulfonamides is 1. The molecule has 0 radical (unpaired) electrons. The zero-order valence-electron chi connectivity index (χ0n) is 13.9. The fraction of sp³-hybridized carbons (Fsp3) is 0.250. The van der Waals surface area contributed by atoms with Gasteiger partial charge in [-0.25, -0.2) is 26.9 Å². The minimum Gasteiger partial charge on any atom is -0.481 e. The highest BCUT2D eigenvalue weighted by Crippen LogP contribution is 2.32. The number of fused-ring (bicyclic) bond motifs is 1. The third-order valence-corrected chi connectivity index (χ3v) is 6.36. The molecular formula is C16H14ClF2N3O3S2. The van der Waals surface area contributed by atoms with Crippen molar-refractivity contribution < 1.29 is 21.9 Å². The molecule has 2 aromatic heterocycles. The number of nitrogens with one attached hydrogen (secondary N) is 1. The lowest BCUT2D eigenvalue weighted by atomic mass is 10.2. The SMILES string of the molecule is COc1nc(NS(=O)(=O)c2csc3cc(Cl)ccc23)ncc1CCC(F)F. The predicted molar refractivity (Wildman–Crippen MR) is 101 cm³/mol. The Morgan fingerprint density at radius 2 is 2.15 bits per heavy atom. The molecule has 0 aliphatic rings. The number of anilines is 1. The smallest absolute Gasteiger partial charge is 0.265 e. The van der Waals surface area contributed by atoms with Crippen LogP contribution in [0.4, 0.5) is 14.7 Å². The number of halogens is 3. The molecule has 1 N–H and O–H groups in total. The lowest BCUT2D eigenvalue weighted by Gasteiger charge is -2.10. The molecule has 0 fully saturated rings. The average molecular weight is 434 g/mol. The Hall–Kier alpha value is -2.04. The maximum atomic E-state index is 12.7. The summed E-state index contributed by atoms with van der Waals surface area (Å²) in [5.74, 6) is -0.161. The Morgan fingerprint density at radius 1 is 1.37 bits per heavy atom. The van der Waals surface area contributed by atoms with Crippen molar-refractivity contribution >= 4 is 49.0 Å². The minimum atomic E-state index is -3.96. The summed E-state index contributed by atoms with van der Waals surface area (Å²) in [4.78, 5) is 7.96. The number of benzene rings is 1. The topological polar surface area (TPSA) is 81.2 Å². The molecule has 0 spiro atoms. The van der Waals surface area contributed by atoms with Crippen molar-refractivity contribution in [3.05, 3.63) is 40.4 Å². The number of rotatable bonds is 7. The van der Waals surface area contributed by atoms with E-state index in [-0.39, 0.29) is 29.6 Å². The highest BCUT2D eigenvalue weighted by atomic mass is 35.5. The van der Waals surface area contributed by atoms with Gasteiger partial charge in [0.1, 0.15) is 4.90 Å². The van der Waals surface area contributed by atoms with Crippen LogP contribution < -0.4 is 9.46 Å². The lowest BCUT2D eigenvalue weighted by Crippen LogP contribution is -2.15. The Labute approximate surface area is 163 Å². The normalized spacial score (nSPS) is 11.9. The summed E-state index contributed by atoms with van der Waals surface area (Å²) in [7, 11) is -2.63. The van der Waals surface area contributed by atoms with Crippen molar-refractivity contribution in [3.63, 3.8) is 0 Å². The first-order valence-corrected chi connectivity index (χ1v) is 10.4. The van der Waals surface area contributed by atoms with Crippen LogP contribution in [-0.4, -0.2) is 31.9 Å². The first-order valence-electron chi connectivity index (χ1n) is 7.68. The van der Waals surface area contributed by atoms with Crippen LogP contribution in [-0.2, 0) is 16.4 Å². The van der Waals surface area contributed by atoms with Crippen LogP contribution in [0.3, 0.4) is 0 Å². The molecule has 0 saturated carbocycles. The summed E-state index contributed by atoms with van der Waals surface area (Å²) in [6.07, 6.45) is -1.54. The average Bonchev–Trinajstić information content (AvgIpc) is 3.04. The summed E-state index contributed by atoms with van der Waals surface area (Å²) < 4.78 is 58.3. The highest BCUT2D eigenvalue weighted by molar-refractivity contribution is 7.93. The maximum Gasteiger partial charge on any atom is 0.265 e. The molecule has 27 heavy (non-hydrogen) atoms. The van der Waals surface area contributed by atoms with Crippen LogP contribution in [0, 0.1) is 0 Å². The fourth-order valence-electron chi connectivity index (χ4n) is 2.41. The largest absolute Gasteiger partial charge is 0.481 e. The molecule has 6 nitrogen and oxygen atoms in total. The van der Waals surface area contributed by atoms with Crippen molar-refractivity contribution in [2.75, 3.05) is 11.8 Å². The summed E-state index contributed by atoms with van der Waals surface area (Å²) in [5.41, 5.74) is 0.372. The molecule has 0 saturated heterocycles. The summed E-state index contributed by atoms with van der Waals surface area (Å²) in [6, 6.07) is 4.91. The van der Waals surface area contributed by atoms with E-state index in [0.717, 1.165) is 4.70 Å². The Bertz CT molecular complexity index is 1070. The third-order valence-electron chi connectivity index (χ3n) is 3.67. The number of methoxy groups -OCH3 is 1. The van der Waals surface area contributed by atoms with Gasteiger partial charge < -0.3 is 4.74 Å². The van der Waals surface area contributed by atoms with Gasteiger partial charge in [-0.3, -0.25) is 0 Å². The van der Waals surface area contributed by atoms with Gasteiger partial charge in [0.05, 0.1) is 7.11 Å². The van der Waals surface area contributed by atoms with Gasteiger partial charge >= 0.3 is 0 Å². The van der Waals surface area contributed by atoms with Crippen LogP contribution in [0.25, 0.3) is 10.1 Å². The van der Waals surface area contributed by atoms with Gasteiger partial charge in [-0.05, 0) is 18.6 Å². The van der Waals surface area contributed by atoms with Gasteiger partial charge in [0.25, 0.3) is 10.0 Å². The molecule has 0 unspecified atom stereocenters. The number of hydrogen-bond donors (Lipinski definition) is 1. The first kappa shape index (κ1) is 19.7. The van der Waals surface area contributed by atoms with Gasteiger partial charge in [-0.2, -0.15) is 4.98 Å². The molecule has 3 aromatic rings. The van der Waals surface area contributed by atoms with E-state index in [1.54, 1.807) is 18.2 Å². The van der Waals surface area contributed by atoms with Gasteiger partial charge in [-0.1, -0.05) is 17.7 Å². The summed E-state index contributed by atoms with van der Waals surface area (Å²) >= 11 is 7.17.